The van der Waals surface area contributed by atoms with Crippen molar-refractivity contribution < 1.29 is 33.3 Å². The Morgan fingerprint density at radius 1 is 0.762 bits per heavy atom. The van der Waals surface area contributed by atoms with Crippen molar-refractivity contribution in [3.8, 4) is 0 Å². The summed E-state index contributed by atoms with van der Waals surface area (Å²) in [6, 6.07) is 10.0. The van der Waals surface area contributed by atoms with Gasteiger partial charge in [0, 0.05) is 0 Å². The summed E-state index contributed by atoms with van der Waals surface area (Å²) in [5.74, 6) is 0. The number of benzene rings is 1. The van der Waals surface area contributed by atoms with Crippen LogP contribution in [-0.4, -0.2) is 18.3 Å². The van der Waals surface area contributed by atoms with Crippen LogP contribution in [0.4, 0.5) is 0 Å². The maximum absolute atomic E-state index is 6.09. The van der Waals surface area contributed by atoms with Crippen LogP contribution < -0.4 is 0 Å². The molecule has 0 fully saturated rings. The van der Waals surface area contributed by atoms with E-state index in [9.17, 15) is 0 Å². The second-order valence-corrected chi connectivity index (χ2v) is 10.7. The van der Waals surface area contributed by atoms with Crippen LogP contribution in [0.2, 0.25) is 0 Å². The Morgan fingerprint density at radius 3 is 1.57 bits per heavy atom. The molecule has 0 N–H and O–H groups in total. The maximum atomic E-state index is 6.09. The average Bonchev–Trinajstić information content (AvgIpc) is 2.35. The molecule has 0 atom stereocenters. The van der Waals surface area contributed by atoms with Gasteiger partial charge in [0.2, 0.25) is 0 Å². The Balaban J connectivity index is 2.85. The number of hydrogen-bond donors (Lipinski definition) is 0. The molecular weight excluding hydrogens is 347 g/mol. The molecule has 0 heterocycles. The standard InChI is InChI=1S/C7H7O.3C3H7O.Zr/c8-6-7-4-2-1-3-5-7;3*1-3(2)4;/h1-5H,6H2;3*3H,1-2H3;/q4*-1;+4. The summed E-state index contributed by atoms with van der Waals surface area (Å²) in [7, 11) is 0. The van der Waals surface area contributed by atoms with Gasteiger partial charge in [-0.25, -0.2) is 0 Å². The first-order valence-corrected chi connectivity index (χ1v) is 11.6. The van der Waals surface area contributed by atoms with Gasteiger partial charge < -0.3 is 0 Å². The topological polar surface area (TPSA) is 36.9 Å². The third-order valence-electron chi connectivity index (χ3n) is 2.40. The third-order valence-corrected chi connectivity index (χ3v) is 9.23. The first-order chi connectivity index (χ1) is 9.83. The van der Waals surface area contributed by atoms with E-state index >= 15 is 0 Å². The Labute approximate surface area is 135 Å². The number of rotatable bonds is 9. The summed E-state index contributed by atoms with van der Waals surface area (Å²) in [6.45, 7) is 12.3. The van der Waals surface area contributed by atoms with E-state index in [1.807, 2.05) is 71.9 Å². The minimum atomic E-state index is -4.03. The van der Waals surface area contributed by atoms with E-state index in [4.69, 9.17) is 11.3 Å². The predicted molar refractivity (Wildman–Crippen MR) is 79.9 cm³/mol. The van der Waals surface area contributed by atoms with Gasteiger partial charge in [0.05, 0.1) is 0 Å². The van der Waals surface area contributed by atoms with Crippen molar-refractivity contribution in [3.63, 3.8) is 0 Å². The molecule has 0 saturated carbocycles. The van der Waals surface area contributed by atoms with Crippen LogP contribution in [0.1, 0.15) is 47.1 Å². The van der Waals surface area contributed by atoms with Crippen molar-refractivity contribution in [2.24, 2.45) is 0 Å². The zero-order chi connectivity index (χ0) is 15.9. The fourth-order valence-electron chi connectivity index (χ4n) is 1.80. The quantitative estimate of drug-likeness (QED) is 0.645. The van der Waals surface area contributed by atoms with Crippen LogP contribution in [0, 0.1) is 0 Å². The normalized spacial score (nSPS) is 12.6. The van der Waals surface area contributed by atoms with Crippen LogP contribution in [0.3, 0.4) is 0 Å². The van der Waals surface area contributed by atoms with E-state index in [1.165, 1.54) is 0 Å². The van der Waals surface area contributed by atoms with Crippen LogP contribution >= 0.6 is 0 Å². The van der Waals surface area contributed by atoms with Gasteiger partial charge in [-0.2, -0.15) is 0 Å². The van der Waals surface area contributed by atoms with Crippen LogP contribution in [0.15, 0.2) is 30.3 Å². The Bertz CT molecular complexity index is 366. The van der Waals surface area contributed by atoms with Gasteiger partial charge in [-0.15, -0.1) is 0 Å². The average molecular weight is 376 g/mol. The molecule has 0 aliphatic rings. The Kier molecular flexibility index (Phi) is 8.29. The van der Waals surface area contributed by atoms with Gasteiger partial charge in [-0.1, -0.05) is 0 Å². The van der Waals surface area contributed by atoms with Crippen molar-refractivity contribution in [3.05, 3.63) is 35.9 Å². The predicted octanol–water partition coefficient (Wildman–Crippen LogP) is 4.29. The SMILES string of the molecule is CC(C)[O][Zr]([O]Cc1ccccc1)([O]C(C)C)[O]C(C)C. The minimum absolute atomic E-state index is 0.00840. The van der Waals surface area contributed by atoms with E-state index < -0.39 is 22.0 Å². The molecular formula is C16H28O4Zr. The summed E-state index contributed by atoms with van der Waals surface area (Å²) in [4.78, 5) is 0. The van der Waals surface area contributed by atoms with Crippen molar-refractivity contribution in [1.82, 2.24) is 0 Å². The molecule has 1 aromatic rings. The molecule has 0 radical (unpaired) electrons. The molecule has 1 aromatic carbocycles. The molecule has 0 aromatic heterocycles. The van der Waals surface area contributed by atoms with E-state index in [1.54, 1.807) is 0 Å². The van der Waals surface area contributed by atoms with Gasteiger partial charge >= 0.3 is 136 Å². The van der Waals surface area contributed by atoms with Crippen molar-refractivity contribution in [2.45, 2.75) is 66.5 Å². The molecule has 21 heavy (non-hydrogen) atoms. The summed E-state index contributed by atoms with van der Waals surface area (Å²) < 4.78 is 24.2. The molecule has 0 aliphatic heterocycles. The van der Waals surface area contributed by atoms with Gasteiger partial charge in [0.15, 0.2) is 0 Å². The molecule has 0 spiro atoms. The molecule has 0 aliphatic carbocycles. The Hall–Kier alpha value is -0.0569. The first-order valence-electron chi connectivity index (χ1n) is 7.54. The van der Waals surface area contributed by atoms with Crippen LogP contribution in [-0.2, 0) is 39.9 Å². The molecule has 1 rings (SSSR count). The molecule has 4 nitrogen and oxygen atoms in total. The van der Waals surface area contributed by atoms with Crippen LogP contribution in [0.25, 0.3) is 0 Å². The second kappa shape index (κ2) is 9.17. The van der Waals surface area contributed by atoms with E-state index in [0.29, 0.717) is 6.61 Å². The van der Waals surface area contributed by atoms with Gasteiger partial charge in [-0.3, -0.25) is 0 Å². The van der Waals surface area contributed by atoms with Crippen molar-refractivity contribution in [2.75, 3.05) is 0 Å². The first kappa shape index (κ1) is 19.0. The van der Waals surface area contributed by atoms with E-state index in [0.717, 1.165) is 5.56 Å². The van der Waals surface area contributed by atoms with E-state index in [-0.39, 0.29) is 18.3 Å². The molecule has 0 saturated heterocycles. The second-order valence-electron chi connectivity index (χ2n) is 5.77. The zero-order valence-corrected chi connectivity index (χ0v) is 16.4. The van der Waals surface area contributed by atoms with Gasteiger partial charge in [-0.05, 0) is 0 Å². The van der Waals surface area contributed by atoms with Crippen molar-refractivity contribution >= 4 is 0 Å². The molecule has 0 bridgehead atoms. The third kappa shape index (κ3) is 7.66. The molecule has 120 valence electrons. The Morgan fingerprint density at radius 2 is 1.19 bits per heavy atom. The fourth-order valence-corrected chi connectivity index (χ4v) is 7.81. The summed E-state index contributed by atoms with van der Waals surface area (Å²) in [6.07, 6.45) is 0.0252. The molecule has 5 heteroatoms. The summed E-state index contributed by atoms with van der Waals surface area (Å²) in [5.41, 5.74) is 1.09. The van der Waals surface area contributed by atoms with E-state index in [2.05, 4.69) is 0 Å². The van der Waals surface area contributed by atoms with Gasteiger partial charge in [0.25, 0.3) is 0 Å². The van der Waals surface area contributed by atoms with Gasteiger partial charge in [0.1, 0.15) is 0 Å². The fraction of sp³-hybridized carbons (Fsp3) is 0.625. The summed E-state index contributed by atoms with van der Waals surface area (Å²) >= 11 is -4.03. The molecule has 0 amide bonds. The van der Waals surface area contributed by atoms with Crippen molar-refractivity contribution in [1.29, 1.82) is 0 Å². The monoisotopic (exact) mass is 374 g/mol. The number of hydrogen-bond acceptors (Lipinski definition) is 4. The van der Waals surface area contributed by atoms with Crippen LogP contribution in [0.5, 0.6) is 0 Å². The summed E-state index contributed by atoms with van der Waals surface area (Å²) in [5, 5.41) is 0. The molecule has 0 unspecified atom stereocenters. The zero-order valence-electron chi connectivity index (χ0n) is 14.0.